The zero-order valence-electron chi connectivity index (χ0n) is 9.18. The second kappa shape index (κ2) is 4.90. The van der Waals surface area contributed by atoms with E-state index in [-0.39, 0.29) is 5.75 Å². The normalized spacial score (nSPS) is 14.2. The minimum absolute atomic E-state index is 0.166. The van der Waals surface area contributed by atoms with Crippen LogP contribution in [-0.2, 0) is 11.3 Å². The van der Waals surface area contributed by atoms with Gasteiger partial charge in [0.1, 0.15) is 5.75 Å². The monoisotopic (exact) mass is 218 g/mol. The van der Waals surface area contributed by atoms with Gasteiger partial charge in [0, 0.05) is 36.6 Å². The van der Waals surface area contributed by atoms with Crippen molar-refractivity contribution in [3.8, 4) is 5.75 Å². The number of aromatic nitrogens is 1. The van der Waals surface area contributed by atoms with E-state index >= 15 is 0 Å². The molecule has 4 nitrogen and oxygen atoms in total. The van der Waals surface area contributed by atoms with Gasteiger partial charge in [-0.15, -0.1) is 0 Å². The molecule has 0 saturated carbocycles. The van der Waals surface area contributed by atoms with Crippen LogP contribution in [0, 0.1) is 0 Å². The standard InChI is InChI=1S/C12H14N2O2/c1-2-16-8-9-6-13-7-11(15)12(9)10-4-3-5-14-10/h3,5-7,15H,2,4,8H2,1H3. The van der Waals surface area contributed by atoms with Gasteiger partial charge in [0.2, 0.25) is 0 Å². The highest BCUT2D eigenvalue weighted by Gasteiger charge is 2.15. The molecule has 0 bridgehead atoms. The number of aromatic hydroxyl groups is 1. The fraction of sp³-hybridized carbons (Fsp3) is 0.333. The van der Waals surface area contributed by atoms with Crippen molar-refractivity contribution in [1.29, 1.82) is 0 Å². The summed E-state index contributed by atoms with van der Waals surface area (Å²) in [5, 5.41) is 9.82. The van der Waals surface area contributed by atoms with Gasteiger partial charge in [0.05, 0.1) is 18.5 Å². The van der Waals surface area contributed by atoms with Gasteiger partial charge in [-0.1, -0.05) is 6.08 Å². The molecular weight excluding hydrogens is 204 g/mol. The summed E-state index contributed by atoms with van der Waals surface area (Å²) in [6, 6.07) is 0. The Hall–Kier alpha value is -1.68. The molecule has 84 valence electrons. The van der Waals surface area contributed by atoms with Crippen molar-refractivity contribution in [2.45, 2.75) is 20.0 Å². The lowest BCUT2D eigenvalue weighted by Crippen LogP contribution is -2.05. The number of nitrogens with zero attached hydrogens (tertiary/aromatic N) is 2. The molecule has 0 radical (unpaired) electrons. The van der Waals surface area contributed by atoms with Crippen LogP contribution in [0.25, 0.3) is 0 Å². The molecular formula is C12H14N2O2. The third-order valence-corrected chi connectivity index (χ3v) is 2.40. The number of pyridine rings is 1. The molecule has 1 aliphatic heterocycles. The van der Waals surface area contributed by atoms with Crippen LogP contribution in [0.4, 0.5) is 0 Å². The van der Waals surface area contributed by atoms with Crippen LogP contribution in [0.3, 0.4) is 0 Å². The molecule has 2 heterocycles. The molecule has 0 spiro atoms. The molecule has 1 aromatic heterocycles. The number of rotatable bonds is 4. The lowest BCUT2D eigenvalue weighted by atomic mass is 10.0. The Morgan fingerprint density at radius 2 is 2.31 bits per heavy atom. The van der Waals surface area contributed by atoms with Crippen LogP contribution in [-0.4, -0.2) is 22.4 Å². The number of hydrogen-bond acceptors (Lipinski definition) is 4. The summed E-state index contributed by atoms with van der Waals surface area (Å²) < 4.78 is 5.35. The quantitative estimate of drug-likeness (QED) is 0.841. The van der Waals surface area contributed by atoms with E-state index < -0.39 is 0 Å². The molecule has 1 N–H and O–H groups in total. The van der Waals surface area contributed by atoms with E-state index in [0.717, 1.165) is 23.3 Å². The third-order valence-electron chi connectivity index (χ3n) is 2.40. The van der Waals surface area contributed by atoms with Crippen molar-refractivity contribution in [3.63, 3.8) is 0 Å². The van der Waals surface area contributed by atoms with Gasteiger partial charge in [-0.2, -0.15) is 0 Å². The number of allylic oxidation sites excluding steroid dienone is 1. The fourth-order valence-electron chi connectivity index (χ4n) is 1.67. The van der Waals surface area contributed by atoms with Gasteiger partial charge < -0.3 is 9.84 Å². The first-order valence-corrected chi connectivity index (χ1v) is 5.28. The Bertz CT molecular complexity index is 439. The summed E-state index contributed by atoms with van der Waals surface area (Å²) in [6.45, 7) is 3.02. The maximum atomic E-state index is 9.82. The Balaban J connectivity index is 2.33. The molecule has 0 atom stereocenters. The number of ether oxygens (including phenoxy) is 1. The van der Waals surface area contributed by atoms with E-state index in [1.165, 1.54) is 6.20 Å². The van der Waals surface area contributed by atoms with Crippen LogP contribution < -0.4 is 0 Å². The minimum Gasteiger partial charge on any atom is -0.506 e. The molecule has 0 fully saturated rings. The summed E-state index contributed by atoms with van der Waals surface area (Å²) in [4.78, 5) is 8.19. The van der Waals surface area contributed by atoms with Crippen LogP contribution in [0.2, 0.25) is 0 Å². The molecule has 0 amide bonds. The predicted octanol–water partition coefficient (Wildman–Crippen LogP) is 2.03. The highest BCUT2D eigenvalue weighted by molar-refractivity contribution is 6.06. The predicted molar refractivity (Wildman–Crippen MR) is 61.5 cm³/mol. The topological polar surface area (TPSA) is 54.7 Å². The summed E-state index contributed by atoms with van der Waals surface area (Å²) in [5.41, 5.74) is 2.51. The number of hydrogen-bond donors (Lipinski definition) is 1. The first-order chi connectivity index (χ1) is 7.83. The second-order valence-corrected chi connectivity index (χ2v) is 3.49. The van der Waals surface area contributed by atoms with Gasteiger partial charge in [-0.3, -0.25) is 9.98 Å². The lowest BCUT2D eigenvalue weighted by molar-refractivity contribution is 0.133. The average molecular weight is 218 g/mol. The Labute approximate surface area is 94.3 Å². The SMILES string of the molecule is CCOCc1cncc(O)c1C1=NC=CC1. The molecule has 0 saturated heterocycles. The smallest absolute Gasteiger partial charge is 0.143 e. The van der Waals surface area contributed by atoms with Crippen molar-refractivity contribution < 1.29 is 9.84 Å². The summed E-state index contributed by atoms with van der Waals surface area (Å²) in [6.07, 6.45) is 7.60. The summed E-state index contributed by atoms with van der Waals surface area (Å²) >= 11 is 0. The lowest BCUT2D eigenvalue weighted by Gasteiger charge is -2.10. The summed E-state index contributed by atoms with van der Waals surface area (Å²) in [7, 11) is 0. The van der Waals surface area contributed by atoms with Gasteiger partial charge in [-0.05, 0) is 6.92 Å². The van der Waals surface area contributed by atoms with Crippen molar-refractivity contribution in [3.05, 3.63) is 35.8 Å². The van der Waals surface area contributed by atoms with E-state index in [2.05, 4.69) is 9.98 Å². The van der Waals surface area contributed by atoms with Crippen LogP contribution >= 0.6 is 0 Å². The molecule has 4 heteroatoms. The molecule has 0 aliphatic carbocycles. The summed E-state index contributed by atoms with van der Waals surface area (Å²) in [5.74, 6) is 0.166. The molecule has 0 aromatic carbocycles. The van der Waals surface area contributed by atoms with E-state index in [4.69, 9.17) is 4.74 Å². The van der Waals surface area contributed by atoms with E-state index in [1.54, 1.807) is 12.4 Å². The molecule has 2 rings (SSSR count). The first kappa shape index (κ1) is 10.8. The average Bonchev–Trinajstić information content (AvgIpc) is 2.79. The maximum Gasteiger partial charge on any atom is 0.143 e. The Morgan fingerprint density at radius 3 is 3.00 bits per heavy atom. The van der Waals surface area contributed by atoms with Gasteiger partial charge >= 0.3 is 0 Å². The van der Waals surface area contributed by atoms with Crippen LogP contribution in [0.15, 0.2) is 29.7 Å². The fourth-order valence-corrected chi connectivity index (χ4v) is 1.67. The van der Waals surface area contributed by atoms with E-state index in [9.17, 15) is 5.11 Å². The maximum absolute atomic E-state index is 9.82. The van der Waals surface area contributed by atoms with E-state index in [0.29, 0.717) is 13.2 Å². The van der Waals surface area contributed by atoms with Gasteiger partial charge in [-0.25, -0.2) is 0 Å². The van der Waals surface area contributed by atoms with Crippen LogP contribution in [0.1, 0.15) is 24.5 Å². The Morgan fingerprint density at radius 1 is 1.44 bits per heavy atom. The highest BCUT2D eigenvalue weighted by atomic mass is 16.5. The second-order valence-electron chi connectivity index (χ2n) is 3.49. The van der Waals surface area contributed by atoms with Crippen LogP contribution in [0.5, 0.6) is 5.75 Å². The van der Waals surface area contributed by atoms with E-state index in [1.807, 2.05) is 13.0 Å². The first-order valence-electron chi connectivity index (χ1n) is 5.28. The molecule has 1 aromatic rings. The largest absolute Gasteiger partial charge is 0.506 e. The number of aliphatic imine (C=N–C) groups is 1. The van der Waals surface area contributed by atoms with Crippen molar-refractivity contribution in [2.24, 2.45) is 4.99 Å². The van der Waals surface area contributed by atoms with Crippen molar-refractivity contribution in [2.75, 3.05) is 6.61 Å². The zero-order chi connectivity index (χ0) is 11.4. The highest BCUT2D eigenvalue weighted by Crippen LogP contribution is 2.24. The molecule has 16 heavy (non-hydrogen) atoms. The molecule has 1 aliphatic rings. The van der Waals surface area contributed by atoms with Gasteiger partial charge in [0.15, 0.2) is 0 Å². The van der Waals surface area contributed by atoms with Crippen molar-refractivity contribution in [1.82, 2.24) is 4.98 Å². The minimum atomic E-state index is 0.166. The van der Waals surface area contributed by atoms with Crippen molar-refractivity contribution >= 4 is 5.71 Å². The zero-order valence-corrected chi connectivity index (χ0v) is 9.18. The van der Waals surface area contributed by atoms with Gasteiger partial charge in [0.25, 0.3) is 0 Å². The Kier molecular flexibility index (Phi) is 3.31. The third kappa shape index (κ3) is 2.12. The molecule has 0 unspecified atom stereocenters.